The first kappa shape index (κ1) is 13.6. The van der Waals surface area contributed by atoms with Gasteiger partial charge in [-0.3, -0.25) is 4.79 Å². The highest BCUT2D eigenvalue weighted by atomic mass is 16.5. The van der Waals surface area contributed by atoms with Gasteiger partial charge in [0, 0.05) is 12.5 Å². The number of aromatic amines is 1. The Bertz CT molecular complexity index is 653. The zero-order valence-corrected chi connectivity index (χ0v) is 11.7. The van der Waals surface area contributed by atoms with E-state index in [1.165, 1.54) is 0 Å². The van der Waals surface area contributed by atoms with Crippen molar-refractivity contribution in [3.8, 4) is 5.75 Å². The monoisotopic (exact) mass is 287 g/mol. The Morgan fingerprint density at radius 3 is 3.19 bits per heavy atom. The van der Waals surface area contributed by atoms with Gasteiger partial charge in [0.05, 0.1) is 31.4 Å². The van der Waals surface area contributed by atoms with Crippen LogP contribution in [-0.4, -0.2) is 46.1 Å². The van der Waals surface area contributed by atoms with Gasteiger partial charge in [-0.2, -0.15) is 0 Å². The SMILES string of the molecule is COc1cccc(C2CN(C(=O)CO)Cc3[nH]cnc32)c1. The fourth-order valence-corrected chi connectivity index (χ4v) is 2.73. The fourth-order valence-electron chi connectivity index (χ4n) is 2.73. The summed E-state index contributed by atoms with van der Waals surface area (Å²) >= 11 is 0. The minimum atomic E-state index is -0.478. The number of aliphatic hydroxyl groups is 1. The van der Waals surface area contributed by atoms with Crippen molar-refractivity contribution in [1.29, 1.82) is 0 Å². The van der Waals surface area contributed by atoms with Gasteiger partial charge in [-0.15, -0.1) is 0 Å². The van der Waals surface area contributed by atoms with E-state index < -0.39 is 6.61 Å². The predicted molar refractivity (Wildman–Crippen MR) is 75.9 cm³/mol. The minimum Gasteiger partial charge on any atom is -0.497 e. The first-order valence-electron chi connectivity index (χ1n) is 6.77. The summed E-state index contributed by atoms with van der Waals surface area (Å²) in [5, 5.41) is 9.09. The Morgan fingerprint density at radius 2 is 2.43 bits per heavy atom. The van der Waals surface area contributed by atoms with E-state index in [4.69, 9.17) is 9.84 Å². The van der Waals surface area contributed by atoms with Crippen molar-refractivity contribution in [1.82, 2.24) is 14.9 Å². The van der Waals surface area contributed by atoms with E-state index in [1.807, 2.05) is 24.3 Å². The smallest absolute Gasteiger partial charge is 0.248 e. The lowest BCUT2D eigenvalue weighted by Gasteiger charge is -2.32. The number of amides is 1. The third-order valence-corrected chi connectivity index (χ3v) is 3.82. The van der Waals surface area contributed by atoms with Crippen LogP contribution in [0, 0.1) is 0 Å². The van der Waals surface area contributed by atoms with E-state index in [-0.39, 0.29) is 11.8 Å². The number of aliphatic hydroxyl groups excluding tert-OH is 1. The Balaban J connectivity index is 1.98. The van der Waals surface area contributed by atoms with E-state index in [2.05, 4.69) is 9.97 Å². The van der Waals surface area contributed by atoms with Crippen molar-refractivity contribution in [3.05, 3.63) is 47.5 Å². The van der Waals surface area contributed by atoms with Crippen LogP contribution < -0.4 is 4.74 Å². The minimum absolute atomic E-state index is 0.0226. The van der Waals surface area contributed by atoms with Crippen LogP contribution >= 0.6 is 0 Å². The Morgan fingerprint density at radius 1 is 1.57 bits per heavy atom. The van der Waals surface area contributed by atoms with E-state index in [0.717, 1.165) is 22.7 Å². The fraction of sp³-hybridized carbons (Fsp3) is 0.333. The van der Waals surface area contributed by atoms with Gasteiger partial charge in [0.2, 0.25) is 5.91 Å². The molecular formula is C15H17N3O3. The van der Waals surface area contributed by atoms with Gasteiger partial charge in [-0.25, -0.2) is 4.98 Å². The summed E-state index contributed by atoms with van der Waals surface area (Å²) in [6.07, 6.45) is 1.64. The number of aromatic nitrogens is 2. The van der Waals surface area contributed by atoms with Crippen LogP contribution in [0.3, 0.4) is 0 Å². The quantitative estimate of drug-likeness (QED) is 0.878. The summed E-state index contributed by atoms with van der Waals surface area (Å²) in [6, 6.07) is 7.76. The number of nitrogens with zero attached hydrogens (tertiary/aromatic N) is 2. The largest absolute Gasteiger partial charge is 0.497 e. The average molecular weight is 287 g/mol. The number of carbonyl (C=O) groups is 1. The maximum Gasteiger partial charge on any atom is 0.248 e. The zero-order chi connectivity index (χ0) is 14.8. The second kappa shape index (κ2) is 5.57. The summed E-state index contributed by atoms with van der Waals surface area (Å²) in [5.74, 6) is 0.476. The van der Waals surface area contributed by atoms with Gasteiger partial charge in [-0.1, -0.05) is 12.1 Å². The van der Waals surface area contributed by atoms with Gasteiger partial charge >= 0.3 is 0 Å². The number of rotatable bonds is 3. The Hall–Kier alpha value is -2.34. The number of ether oxygens (including phenoxy) is 1. The van der Waals surface area contributed by atoms with Crippen molar-refractivity contribution < 1.29 is 14.6 Å². The summed E-state index contributed by atoms with van der Waals surface area (Å²) in [5.41, 5.74) is 2.90. The molecule has 0 radical (unpaired) electrons. The van der Waals surface area contributed by atoms with E-state index in [0.29, 0.717) is 13.1 Å². The molecule has 1 aliphatic rings. The zero-order valence-electron chi connectivity index (χ0n) is 11.7. The number of fused-ring (bicyclic) bond motifs is 1. The van der Waals surface area contributed by atoms with Crippen molar-refractivity contribution in [3.63, 3.8) is 0 Å². The molecule has 1 aliphatic heterocycles. The number of hydrogen-bond acceptors (Lipinski definition) is 4. The molecule has 2 heterocycles. The second-order valence-electron chi connectivity index (χ2n) is 5.03. The number of benzene rings is 1. The first-order chi connectivity index (χ1) is 10.2. The van der Waals surface area contributed by atoms with Crippen LogP contribution in [0.5, 0.6) is 5.75 Å². The molecule has 0 saturated heterocycles. The third kappa shape index (κ3) is 2.50. The molecule has 110 valence electrons. The van der Waals surface area contributed by atoms with Crippen LogP contribution in [0.4, 0.5) is 0 Å². The lowest BCUT2D eigenvalue weighted by Crippen LogP contribution is -2.40. The number of nitrogens with one attached hydrogen (secondary N) is 1. The molecule has 1 atom stereocenters. The third-order valence-electron chi connectivity index (χ3n) is 3.82. The average Bonchev–Trinajstić information content (AvgIpc) is 3.01. The molecule has 3 rings (SSSR count). The van der Waals surface area contributed by atoms with Gasteiger partial charge in [0.15, 0.2) is 0 Å². The molecule has 0 bridgehead atoms. The normalized spacial score (nSPS) is 17.4. The molecule has 21 heavy (non-hydrogen) atoms. The molecule has 1 amide bonds. The number of hydrogen-bond donors (Lipinski definition) is 2. The number of H-pyrrole nitrogens is 1. The van der Waals surface area contributed by atoms with Crippen molar-refractivity contribution in [2.45, 2.75) is 12.5 Å². The predicted octanol–water partition coefficient (Wildman–Crippen LogP) is 0.885. The molecule has 1 aromatic heterocycles. The van der Waals surface area contributed by atoms with Gasteiger partial charge in [-0.05, 0) is 17.7 Å². The van der Waals surface area contributed by atoms with E-state index >= 15 is 0 Å². The molecule has 1 aromatic carbocycles. The number of carbonyl (C=O) groups excluding carboxylic acids is 1. The van der Waals surface area contributed by atoms with Crippen LogP contribution in [-0.2, 0) is 11.3 Å². The Labute approximate surface area is 122 Å². The molecule has 6 heteroatoms. The lowest BCUT2D eigenvalue weighted by molar-refractivity contribution is -0.135. The summed E-state index contributed by atoms with van der Waals surface area (Å²) in [4.78, 5) is 20.9. The number of imidazole rings is 1. The highest BCUT2D eigenvalue weighted by Crippen LogP contribution is 2.32. The summed E-state index contributed by atoms with van der Waals surface area (Å²) in [7, 11) is 1.63. The molecule has 0 saturated carbocycles. The lowest BCUT2D eigenvalue weighted by atomic mass is 9.90. The van der Waals surface area contributed by atoms with Crippen LogP contribution in [0.25, 0.3) is 0 Å². The molecular weight excluding hydrogens is 270 g/mol. The summed E-state index contributed by atoms with van der Waals surface area (Å²) < 4.78 is 5.26. The van der Waals surface area contributed by atoms with Crippen LogP contribution in [0.2, 0.25) is 0 Å². The first-order valence-corrected chi connectivity index (χ1v) is 6.77. The molecule has 2 aromatic rings. The summed E-state index contributed by atoms with van der Waals surface area (Å²) in [6.45, 7) is 0.480. The van der Waals surface area contributed by atoms with Gasteiger partial charge < -0.3 is 19.7 Å². The maximum atomic E-state index is 11.8. The highest BCUT2D eigenvalue weighted by molar-refractivity contribution is 5.77. The topological polar surface area (TPSA) is 78.5 Å². The maximum absolute atomic E-state index is 11.8. The molecule has 2 N–H and O–H groups in total. The van der Waals surface area contributed by atoms with E-state index in [9.17, 15) is 4.79 Å². The molecule has 0 spiro atoms. The molecule has 0 fully saturated rings. The van der Waals surface area contributed by atoms with Crippen molar-refractivity contribution >= 4 is 5.91 Å². The van der Waals surface area contributed by atoms with E-state index in [1.54, 1.807) is 18.3 Å². The van der Waals surface area contributed by atoms with Gasteiger partial charge in [0.25, 0.3) is 0 Å². The second-order valence-corrected chi connectivity index (χ2v) is 5.03. The number of methoxy groups -OCH3 is 1. The standard InChI is InChI=1S/C15H17N3O3/c1-21-11-4-2-3-10(5-11)12-6-18(14(20)8-19)7-13-15(12)17-9-16-13/h2-5,9,12,19H,6-8H2,1H3,(H,16,17). The Kier molecular flexibility index (Phi) is 3.62. The molecule has 0 aliphatic carbocycles. The van der Waals surface area contributed by atoms with Crippen molar-refractivity contribution in [2.24, 2.45) is 0 Å². The van der Waals surface area contributed by atoms with Crippen molar-refractivity contribution in [2.75, 3.05) is 20.3 Å². The molecule has 6 nitrogen and oxygen atoms in total. The van der Waals surface area contributed by atoms with Crippen LogP contribution in [0.15, 0.2) is 30.6 Å². The highest BCUT2D eigenvalue weighted by Gasteiger charge is 2.31. The van der Waals surface area contributed by atoms with Gasteiger partial charge in [0.1, 0.15) is 12.4 Å². The molecule has 1 unspecified atom stereocenters. The van der Waals surface area contributed by atoms with Crippen LogP contribution in [0.1, 0.15) is 22.9 Å².